The summed E-state index contributed by atoms with van der Waals surface area (Å²) in [6.07, 6.45) is 0.0199. The molecule has 34 heavy (non-hydrogen) atoms. The number of amides is 2. The number of rotatable bonds is 10. The predicted octanol–water partition coefficient (Wildman–Crippen LogP) is 4.92. The third-order valence-electron chi connectivity index (χ3n) is 5.55. The molecule has 0 fully saturated rings. The Hall–Kier alpha value is -3.54. The van der Waals surface area contributed by atoms with Gasteiger partial charge in [0.25, 0.3) is 0 Å². The van der Waals surface area contributed by atoms with Gasteiger partial charge in [0.05, 0.1) is 6.42 Å². The first-order chi connectivity index (χ1) is 16.3. The molecule has 0 spiro atoms. The maximum absolute atomic E-state index is 14.6. The molecule has 0 heterocycles. The molecule has 0 unspecified atom stereocenters. The fraction of sp³-hybridized carbons (Fsp3) is 0.286. The number of halogens is 2. The van der Waals surface area contributed by atoms with E-state index in [1.165, 1.54) is 17.0 Å². The number of carbonyl (C=O) groups excluding carboxylic acids is 2. The highest BCUT2D eigenvalue weighted by molar-refractivity contribution is 5.88. The summed E-state index contributed by atoms with van der Waals surface area (Å²) >= 11 is 0. The number of hydrogen-bond donors (Lipinski definition) is 1. The van der Waals surface area contributed by atoms with Gasteiger partial charge in [-0.25, -0.2) is 8.78 Å². The minimum atomic E-state index is -0.889. The topological polar surface area (TPSA) is 49.4 Å². The third kappa shape index (κ3) is 6.98. The summed E-state index contributed by atoms with van der Waals surface area (Å²) in [7, 11) is 0. The van der Waals surface area contributed by atoms with Crippen molar-refractivity contribution in [2.24, 2.45) is 5.92 Å². The average Bonchev–Trinajstić information content (AvgIpc) is 2.83. The molecule has 4 nitrogen and oxygen atoms in total. The fourth-order valence-corrected chi connectivity index (χ4v) is 3.69. The van der Waals surface area contributed by atoms with Crippen LogP contribution in [0.3, 0.4) is 0 Å². The minimum Gasteiger partial charge on any atom is -0.354 e. The van der Waals surface area contributed by atoms with Crippen molar-refractivity contribution in [3.8, 4) is 0 Å². The number of carbonyl (C=O) groups is 2. The smallest absolute Gasteiger partial charge is 0.243 e. The van der Waals surface area contributed by atoms with E-state index in [-0.39, 0.29) is 36.8 Å². The average molecular weight is 465 g/mol. The highest BCUT2D eigenvalue weighted by Crippen LogP contribution is 2.19. The van der Waals surface area contributed by atoms with Crippen LogP contribution in [0, 0.1) is 17.6 Å². The van der Waals surface area contributed by atoms with Crippen LogP contribution in [0.15, 0.2) is 78.9 Å². The molecule has 0 bridgehead atoms. The monoisotopic (exact) mass is 464 g/mol. The molecule has 178 valence electrons. The molecular formula is C28H30F2N2O2. The van der Waals surface area contributed by atoms with Gasteiger partial charge in [-0.2, -0.15) is 0 Å². The van der Waals surface area contributed by atoms with Crippen LogP contribution in [-0.4, -0.2) is 29.3 Å². The molecule has 0 aliphatic heterocycles. The highest BCUT2D eigenvalue weighted by Gasteiger charge is 2.31. The lowest BCUT2D eigenvalue weighted by molar-refractivity contribution is -0.140. The Morgan fingerprint density at radius 3 is 1.97 bits per heavy atom. The summed E-state index contributed by atoms with van der Waals surface area (Å²) in [5.74, 6) is -1.52. The van der Waals surface area contributed by atoms with Crippen LogP contribution in [0.2, 0.25) is 0 Å². The SMILES string of the molecule is CC(C)CNC(=O)[C@@H](Cc1ccccc1)N(Cc1ccccc1F)C(=O)Cc1ccccc1F. The maximum Gasteiger partial charge on any atom is 0.243 e. The molecule has 0 aliphatic carbocycles. The zero-order valence-corrected chi connectivity index (χ0v) is 19.5. The van der Waals surface area contributed by atoms with Gasteiger partial charge in [0.1, 0.15) is 17.7 Å². The Morgan fingerprint density at radius 2 is 1.38 bits per heavy atom. The third-order valence-corrected chi connectivity index (χ3v) is 5.55. The maximum atomic E-state index is 14.6. The molecule has 0 aromatic heterocycles. The van der Waals surface area contributed by atoms with E-state index in [1.807, 2.05) is 44.2 Å². The van der Waals surface area contributed by atoms with Gasteiger partial charge >= 0.3 is 0 Å². The summed E-state index contributed by atoms with van der Waals surface area (Å²) in [6.45, 7) is 4.30. The van der Waals surface area contributed by atoms with Crippen LogP contribution >= 0.6 is 0 Å². The van der Waals surface area contributed by atoms with Gasteiger partial charge in [-0.3, -0.25) is 9.59 Å². The van der Waals surface area contributed by atoms with E-state index in [4.69, 9.17) is 0 Å². The van der Waals surface area contributed by atoms with Crippen molar-refractivity contribution in [3.05, 3.63) is 107 Å². The zero-order valence-electron chi connectivity index (χ0n) is 19.5. The number of nitrogens with one attached hydrogen (secondary N) is 1. The quantitative estimate of drug-likeness (QED) is 0.463. The lowest BCUT2D eigenvalue weighted by Crippen LogP contribution is -2.51. The van der Waals surface area contributed by atoms with E-state index < -0.39 is 23.6 Å². The minimum absolute atomic E-state index is 0.105. The molecular weight excluding hydrogens is 434 g/mol. The Labute approximate surface area is 199 Å². The summed E-state index contributed by atoms with van der Waals surface area (Å²) in [5.41, 5.74) is 1.38. The summed E-state index contributed by atoms with van der Waals surface area (Å²) in [5, 5.41) is 2.91. The number of hydrogen-bond acceptors (Lipinski definition) is 2. The van der Waals surface area contributed by atoms with E-state index >= 15 is 0 Å². The molecule has 0 saturated heterocycles. The van der Waals surface area contributed by atoms with Gasteiger partial charge in [0.15, 0.2) is 0 Å². The second kappa shape index (κ2) is 12.1. The summed E-state index contributed by atoms with van der Waals surface area (Å²) in [6, 6.07) is 20.7. The van der Waals surface area contributed by atoms with Crippen molar-refractivity contribution >= 4 is 11.8 Å². The van der Waals surface area contributed by atoms with E-state index in [0.29, 0.717) is 12.1 Å². The van der Waals surface area contributed by atoms with E-state index in [0.717, 1.165) is 5.56 Å². The van der Waals surface area contributed by atoms with E-state index in [2.05, 4.69) is 5.32 Å². The Morgan fingerprint density at radius 1 is 0.824 bits per heavy atom. The molecule has 3 aromatic carbocycles. The lowest BCUT2D eigenvalue weighted by atomic mass is 10.0. The highest BCUT2D eigenvalue weighted by atomic mass is 19.1. The van der Waals surface area contributed by atoms with Crippen LogP contribution in [0.1, 0.15) is 30.5 Å². The van der Waals surface area contributed by atoms with Crippen LogP contribution < -0.4 is 5.32 Å². The first kappa shape index (κ1) is 25.1. The van der Waals surface area contributed by atoms with E-state index in [1.54, 1.807) is 36.4 Å². The Bertz CT molecular complexity index is 1100. The zero-order chi connectivity index (χ0) is 24.5. The second-order valence-electron chi connectivity index (χ2n) is 8.73. The molecule has 0 radical (unpaired) electrons. The largest absolute Gasteiger partial charge is 0.354 e. The molecule has 2 amide bonds. The molecule has 1 atom stereocenters. The van der Waals surface area contributed by atoms with Crippen molar-refractivity contribution in [1.29, 1.82) is 0 Å². The van der Waals surface area contributed by atoms with Gasteiger partial charge in [-0.1, -0.05) is 80.6 Å². The number of benzene rings is 3. The standard InChI is InChI=1S/C28H30F2N2O2/c1-20(2)18-31-28(34)26(16-21-10-4-3-5-11-21)32(19-23-13-7-9-15-25(23)30)27(33)17-22-12-6-8-14-24(22)29/h3-15,20,26H,16-19H2,1-2H3,(H,31,34)/t26-/m1/s1. The molecule has 3 aromatic rings. The first-order valence-electron chi connectivity index (χ1n) is 11.4. The van der Waals surface area contributed by atoms with Gasteiger partial charge in [0.2, 0.25) is 11.8 Å². The molecule has 0 saturated carbocycles. The van der Waals surface area contributed by atoms with Gasteiger partial charge in [-0.15, -0.1) is 0 Å². The summed E-state index contributed by atoms with van der Waals surface area (Å²) in [4.78, 5) is 28.2. The Kier molecular flexibility index (Phi) is 8.91. The normalized spacial score (nSPS) is 11.8. The van der Waals surface area contributed by atoms with E-state index in [9.17, 15) is 18.4 Å². The van der Waals surface area contributed by atoms with Crippen LogP contribution in [-0.2, 0) is 29.0 Å². The predicted molar refractivity (Wildman–Crippen MR) is 129 cm³/mol. The Balaban J connectivity index is 1.98. The first-order valence-corrected chi connectivity index (χ1v) is 11.4. The second-order valence-corrected chi connectivity index (χ2v) is 8.73. The van der Waals surface area contributed by atoms with Crippen molar-refractivity contribution < 1.29 is 18.4 Å². The molecule has 3 rings (SSSR count). The lowest BCUT2D eigenvalue weighted by Gasteiger charge is -2.32. The van der Waals surface area contributed by atoms with Crippen LogP contribution in [0.5, 0.6) is 0 Å². The van der Waals surface area contributed by atoms with Crippen molar-refractivity contribution in [3.63, 3.8) is 0 Å². The van der Waals surface area contributed by atoms with Crippen molar-refractivity contribution in [1.82, 2.24) is 10.2 Å². The molecule has 0 aliphatic rings. The van der Waals surface area contributed by atoms with Crippen LogP contribution in [0.25, 0.3) is 0 Å². The van der Waals surface area contributed by atoms with Gasteiger partial charge < -0.3 is 10.2 Å². The van der Waals surface area contributed by atoms with Gasteiger partial charge in [0, 0.05) is 25.1 Å². The number of nitrogens with zero attached hydrogens (tertiary/aromatic N) is 1. The fourth-order valence-electron chi connectivity index (χ4n) is 3.69. The van der Waals surface area contributed by atoms with Crippen LogP contribution in [0.4, 0.5) is 8.78 Å². The van der Waals surface area contributed by atoms with Crippen molar-refractivity contribution in [2.75, 3.05) is 6.54 Å². The van der Waals surface area contributed by atoms with Gasteiger partial charge in [-0.05, 0) is 29.2 Å². The molecule has 1 N–H and O–H groups in total. The molecule has 6 heteroatoms. The summed E-state index contributed by atoms with van der Waals surface area (Å²) < 4.78 is 28.9. The van der Waals surface area contributed by atoms with Crippen molar-refractivity contribution in [2.45, 2.75) is 39.3 Å².